The van der Waals surface area contributed by atoms with Crippen molar-refractivity contribution in [1.82, 2.24) is 0 Å². The average Bonchev–Trinajstić information content (AvgIpc) is 3.00. The maximum Gasteiger partial charge on any atom is 0.335 e. The van der Waals surface area contributed by atoms with Crippen LogP contribution in [0.2, 0.25) is 0 Å². The predicted molar refractivity (Wildman–Crippen MR) is 82.1 cm³/mol. The molecular formula is C15H17BrO4S. The summed E-state index contributed by atoms with van der Waals surface area (Å²) in [7, 11) is -3.46. The lowest BCUT2D eigenvalue weighted by atomic mass is 9.90. The molecule has 0 amide bonds. The second-order valence-electron chi connectivity index (χ2n) is 6.17. The normalized spacial score (nSPS) is 28.0. The molecule has 0 heterocycles. The fourth-order valence-corrected chi connectivity index (χ4v) is 6.64. The Morgan fingerprint density at radius 3 is 2.62 bits per heavy atom. The highest BCUT2D eigenvalue weighted by Crippen LogP contribution is 2.49. The molecule has 1 N–H and O–H groups in total. The van der Waals surface area contributed by atoms with E-state index < -0.39 is 15.8 Å². The van der Waals surface area contributed by atoms with E-state index in [2.05, 4.69) is 15.9 Å². The molecule has 21 heavy (non-hydrogen) atoms. The molecule has 2 aliphatic carbocycles. The van der Waals surface area contributed by atoms with Gasteiger partial charge in [0.2, 0.25) is 0 Å². The summed E-state index contributed by atoms with van der Waals surface area (Å²) < 4.78 is 25.7. The van der Waals surface area contributed by atoms with Gasteiger partial charge in [-0.25, -0.2) is 13.2 Å². The van der Waals surface area contributed by atoms with E-state index in [4.69, 9.17) is 5.11 Å². The lowest BCUT2D eigenvalue weighted by molar-refractivity contribution is 0.0696. The number of hydrogen-bond acceptors (Lipinski definition) is 3. The number of hydrogen-bond donors (Lipinski definition) is 1. The third kappa shape index (κ3) is 2.88. The highest BCUT2D eigenvalue weighted by molar-refractivity contribution is 9.10. The van der Waals surface area contributed by atoms with Crippen LogP contribution in [0.4, 0.5) is 0 Å². The fraction of sp³-hybridized carbons (Fsp3) is 0.533. The first-order valence-corrected chi connectivity index (χ1v) is 9.57. The van der Waals surface area contributed by atoms with Gasteiger partial charge < -0.3 is 5.11 Å². The maximum atomic E-state index is 12.6. The van der Waals surface area contributed by atoms with Crippen LogP contribution in [0.15, 0.2) is 27.6 Å². The lowest BCUT2D eigenvalue weighted by Crippen LogP contribution is -2.22. The maximum absolute atomic E-state index is 12.6. The molecule has 6 heteroatoms. The smallest absolute Gasteiger partial charge is 0.335 e. The molecule has 3 atom stereocenters. The van der Waals surface area contributed by atoms with Gasteiger partial charge >= 0.3 is 5.97 Å². The van der Waals surface area contributed by atoms with Crippen molar-refractivity contribution in [3.63, 3.8) is 0 Å². The van der Waals surface area contributed by atoms with Crippen LogP contribution in [0.25, 0.3) is 0 Å². The summed E-state index contributed by atoms with van der Waals surface area (Å²) in [6.45, 7) is 0. The summed E-state index contributed by atoms with van der Waals surface area (Å²) in [5.41, 5.74) is 0.00437. The Labute approximate surface area is 132 Å². The van der Waals surface area contributed by atoms with Crippen molar-refractivity contribution in [3.8, 4) is 0 Å². The van der Waals surface area contributed by atoms with Crippen molar-refractivity contribution < 1.29 is 18.3 Å². The van der Waals surface area contributed by atoms with Gasteiger partial charge in [0.25, 0.3) is 0 Å². The quantitative estimate of drug-likeness (QED) is 0.879. The molecule has 2 aliphatic rings. The molecule has 4 nitrogen and oxygen atoms in total. The van der Waals surface area contributed by atoms with Gasteiger partial charge in [-0.2, -0.15) is 0 Å². The Bertz CT molecular complexity index is 683. The highest BCUT2D eigenvalue weighted by atomic mass is 79.9. The highest BCUT2D eigenvalue weighted by Gasteiger charge is 2.41. The van der Waals surface area contributed by atoms with E-state index in [-0.39, 0.29) is 22.1 Å². The van der Waals surface area contributed by atoms with E-state index in [1.165, 1.54) is 24.6 Å². The summed E-state index contributed by atoms with van der Waals surface area (Å²) in [4.78, 5) is 11.1. The molecule has 0 saturated heterocycles. The van der Waals surface area contributed by atoms with Gasteiger partial charge in [0.15, 0.2) is 9.84 Å². The first kappa shape index (κ1) is 15.0. The molecule has 2 bridgehead atoms. The molecule has 2 fully saturated rings. The third-order valence-corrected chi connectivity index (χ3v) is 7.66. The van der Waals surface area contributed by atoms with Crippen LogP contribution < -0.4 is 0 Å². The summed E-state index contributed by atoms with van der Waals surface area (Å²) in [5, 5.41) is 9.03. The van der Waals surface area contributed by atoms with E-state index >= 15 is 0 Å². The number of halogens is 1. The summed E-state index contributed by atoms with van der Waals surface area (Å²) in [6.07, 6.45) is 4.54. The Kier molecular flexibility index (Phi) is 3.86. The number of benzene rings is 1. The molecule has 0 aromatic heterocycles. The Hall–Kier alpha value is -0.880. The Balaban J connectivity index is 1.88. The van der Waals surface area contributed by atoms with Crippen molar-refractivity contribution in [2.45, 2.75) is 30.6 Å². The first-order chi connectivity index (χ1) is 9.87. The van der Waals surface area contributed by atoms with Crippen LogP contribution in [0.5, 0.6) is 0 Å². The predicted octanol–water partition coefficient (Wildman–Crippen LogP) is 3.36. The Morgan fingerprint density at radius 1 is 1.29 bits per heavy atom. The van der Waals surface area contributed by atoms with E-state index in [9.17, 15) is 13.2 Å². The van der Waals surface area contributed by atoms with Gasteiger partial charge in [-0.05, 0) is 71.1 Å². The molecule has 3 rings (SSSR count). The summed E-state index contributed by atoms with van der Waals surface area (Å²) in [6, 6.07) is 4.16. The van der Waals surface area contributed by atoms with Crippen LogP contribution in [0, 0.1) is 17.8 Å². The first-order valence-electron chi connectivity index (χ1n) is 7.12. The minimum absolute atomic E-state index is 0.00437. The number of carboxylic acid groups (broad SMARTS) is 1. The van der Waals surface area contributed by atoms with Crippen LogP contribution in [-0.2, 0) is 9.84 Å². The van der Waals surface area contributed by atoms with Crippen LogP contribution in [0.1, 0.15) is 36.0 Å². The van der Waals surface area contributed by atoms with E-state index in [1.54, 1.807) is 0 Å². The van der Waals surface area contributed by atoms with Gasteiger partial charge in [0.05, 0.1) is 16.2 Å². The molecule has 114 valence electrons. The second-order valence-corrected chi connectivity index (χ2v) is 9.02. The number of sulfone groups is 1. The molecule has 0 aliphatic heterocycles. The van der Waals surface area contributed by atoms with Gasteiger partial charge in [-0.15, -0.1) is 0 Å². The van der Waals surface area contributed by atoms with Crippen LogP contribution in [0.3, 0.4) is 0 Å². The average molecular weight is 373 g/mol. The molecule has 0 spiro atoms. The van der Waals surface area contributed by atoms with Crippen LogP contribution >= 0.6 is 15.9 Å². The van der Waals surface area contributed by atoms with Crippen LogP contribution in [-0.4, -0.2) is 25.2 Å². The topological polar surface area (TPSA) is 71.4 Å². The van der Waals surface area contributed by atoms with Crippen molar-refractivity contribution in [2.24, 2.45) is 17.8 Å². The monoisotopic (exact) mass is 372 g/mol. The van der Waals surface area contributed by atoms with Crippen molar-refractivity contribution >= 4 is 31.7 Å². The van der Waals surface area contributed by atoms with Crippen molar-refractivity contribution in [1.29, 1.82) is 0 Å². The second kappa shape index (κ2) is 5.39. The minimum atomic E-state index is -3.46. The number of carbonyl (C=O) groups is 1. The zero-order valence-electron chi connectivity index (χ0n) is 11.5. The molecule has 1 aromatic rings. The zero-order chi connectivity index (χ0) is 15.2. The minimum Gasteiger partial charge on any atom is -0.478 e. The fourth-order valence-electron chi connectivity index (χ4n) is 3.83. The largest absolute Gasteiger partial charge is 0.478 e. The Morgan fingerprint density at radius 2 is 2.05 bits per heavy atom. The SMILES string of the molecule is O=C(O)c1ccc(Br)c(S(=O)(=O)CC2CC3CCC2C3)c1. The molecular weight excluding hydrogens is 356 g/mol. The number of rotatable bonds is 4. The molecule has 1 aromatic carbocycles. The van der Waals surface area contributed by atoms with Gasteiger partial charge in [0.1, 0.15) is 0 Å². The molecule has 3 unspecified atom stereocenters. The van der Waals surface area contributed by atoms with Gasteiger partial charge in [0, 0.05) is 4.47 Å². The number of fused-ring (bicyclic) bond motifs is 2. The van der Waals surface area contributed by atoms with E-state index in [0.29, 0.717) is 16.3 Å². The standard InChI is InChI=1S/C15H17BrO4S/c16-13-4-3-11(15(17)18)7-14(13)21(19,20)8-12-6-9-1-2-10(12)5-9/h3-4,7,9-10,12H,1-2,5-6,8H2,(H,17,18). The zero-order valence-corrected chi connectivity index (χ0v) is 13.9. The van der Waals surface area contributed by atoms with E-state index in [1.807, 2.05) is 0 Å². The van der Waals surface area contributed by atoms with Crippen molar-refractivity contribution in [2.75, 3.05) is 5.75 Å². The summed E-state index contributed by atoms with van der Waals surface area (Å²) >= 11 is 3.23. The molecule has 0 radical (unpaired) electrons. The third-order valence-electron chi connectivity index (χ3n) is 4.83. The summed E-state index contributed by atoms with van der Waals surface area (Å²) in [5.74, 6) is 0.485. The number of aromatic carboxylic acids is 1. The van der Waals surface area contributed by atoms with E-state index in [0.717, 1.165) is 19.3 Å². The van der Waals surface area contributed by atoms with Gasteiger partial charge in [-0.1, -0.05) is 6.42 Å². The lowest BCUT2D eigenvalue weighted by Gasteiger charge is -2.21. The molecule has 2 saturated carbocycles. The van der Waals surface area contributed by atoms with Gasteiger partial charge in [-0.3, -0.25) is 0 Å². The van der Waals surface area contributed by atoms with Crippen molar-refractivity contribution in [3.05, 3.63) is 28.2 Å². The number of carboxylic acids is 1.